The summed E-state index contributed by atoms with van der Waals surface area (Å²) in [6, 6.07) is 14.0. The monoisotopic (exact) mass is 441 g/mol. The van der Waals surface area contributed by atoms with Gasteiger partial charge in [-0.1, -0.05) is 83.2 Å². The molecule has 3 rings (SSSR count). The molecular formula is C28H43NO3. The van der Waals surface area contributed by atoms with Gasteiger partial charge in [0.05, 0.1) is 0 Å². The van der Waals surface area contributed by atoms with E-state index in [1.165, 1.54) is 56.2 Å². The molecule has 32 heavy (non-hydrogen) atoms. The zero-order valence-electron chi connectivity index (χ0n) is 20.7. The summed E-state index contributed by atoms with van der Waals surface area (Å²) in [6.45, 7) is 11.3. The summed E-state index contributed by atoms with van der Waals surface area (Å²) in [7, 11) is 1.50. The van der Waals surface area contributed by atoms with E-state index in [-0.39, 0.29) is 11.9 Å². The second-order valence-corrected chi connectivity index (χ2v) is 7.79. The summed E-state index contributed by atoms with van der Waals surface area (Å²) >= 11 is 0. The van der Waals surface area contributed by atoms with E-state index < -0.39 is 0 Å². The maximum atomic E-state index is 10.0. The summed E-state index contributed by atoms with van der Waals surface area (Å²) in [5.41, 5.74) is 8.17. The summed E-state index contributed by atoms with van der Waals surface area (Å²) < 4.78 is 6.14. The zero-order valence-corrected chi connectivity index (χ0v) is 20.7. The van der Waals surface area contributed by atoms with Gasteiger partial charge in [0.25, 0.3) is 0 Å². The van der Waals surface area contributed by atoms with Gasteiger partial charge in [0, 0.05) is 5.92 Å². The lowest BCUT2D eigenvalue weighted by molar-refractivity contribution is 0.142. The molecule has 2 atom stereocenters. The molecule has 0 aromatic heterocycles. The number of ether oxygens (including phenoxy) is 1. The first kappa shape index (κ1) is 29.5. The molecule has 0 heterocycles. The maximum Gasteiger partial charge on any atom is 0.161 e. The summed E-state index contributed by atoms with van der Waals surface area (Å²) in [6.07, 6.45) is 9.19. The normalized spacial score (nSPS) is 15.4. The Bertz CT molecular complexity index is 778. The number of rotatable bonds is 7. The van der Waals surface area contributed by atoms with Crippen LogP contribution in [0.3, 0.4) is 0 Å². The number of fused-ring (bicyclic) bond motifs is 1. The highest BCUT2D eigenvalue weighted by Crippen LogP contribution is 2.42. The van der Waals surface area contributed by atoms with E-state index in [4.69, 9.17) is 9.53 Å². The van der Waals surface area contributed by atoms with Crippen LogP contribution in [0.2, 0.25) is 0 Å². The number of hydrogen-bond acceptors (Lipinski definition) is 4. The van der Waals surface area contributed by atoms with Gasteiger partial charge in [0.1, 0.15) is 12.0 Å². The number of hydrogen-bond donors (Lipinski definition) is 2. The van der Waals surface area contributed by atoms with E-state index in [2.05, 4.69) is 57.3 Å². The van der Waals surface area contributed by atoms with Crippen LogP contribution in [0.4, 0.5) is 0 Å². The molecular weight excluding hydrogens is 398 g/mol. The van der Waals surface area contributed by atoms with Crippen molar-refractivity contribution >= 4 is 5.94 Å². The van der Waals surface area contributed by atoms with Gasteiger partial charge in [-0.2, -0.15) is 0 Å². The number of carbonyl (C=O) groups excluding carboxylic acids is 1. The van der Waals surface area contributed by atoms with Gasteiger partial charge in [-0.15, -0.1) is 0 Å². The van der Waals surface area contributed by atoms with Crippen molar-refractivity contribution in [1.82, 2.24) is 0 Å². The molecule has 1 aliphatic rings. The molecule has 0 amide bonds. The molecule has 178 valence electrons. The van der Waals surface area contributed by atoms with Gasteiger partial charge in [-0.25, -0.2) is 4.79 Å². The van der Waals surface area contributed by atoms with E-state index in [9.17, 15) is 5.11 Å². The number of aryl methyl sites for hydroxylation is 1. The molecule has 0 aliphatic heterocycles. The smallest absolute Gasteiger partial charge is 0.161 e. The Morgan fingerprint density at radius 1 is 1.06 bits per heavy atom. The highest BCUT2D eigenvalue weighted by molar-refractivity contribution is 5.43. The van der Waals surface area contributed by atoms with Crippen molar-refractivity contribution in [3.8, 4) is 11.5 Å². The van der Waals surface area contributed by atoms with Crippen LogP contribution in [0.15, 0.2) is 49.0 Å². The molecule has 0 spiro atoms. The Morgan fingerprint density at radius 3 is 2.19 bits per heavy atom. The molecule has 0 fully saturated rings. The van der Waals surface area contributed by atoms with E-state index in [0.717, 1.165) is 18.4 Å². The molecule has 3 N–H and O–H groups in total. The van der Waals surface area contributed by atoms with Crippen molar-refractivity contribution in [2.45, 2.75) is 78.7 Å². The first-order chi connectivity index (χ1) is 15.5. The molecule has 0 saturated carbocycles. The number of phenols is 1. The van der Waals surface area contributed by atoms with Crippen molar-refractivity contribution in [1.29, 1.82) is 0 Å². The summed E-state index contributed by atoms with van der Waals surface area (Å²) in [5.74, 6) is 2.54. The number of phenolic OH excluding ortho intramolecular Hbond substituents is 1. The Hall–Kier alpha value is -2.55. The third kappa shape index (κ3) is 10.2. The highest BCUT2D eigenvalue weighted by Gasteiger charge is 2.33. The average molecular weight is 442 g/mol. The van der Waals surface area contributed by atoms with E-state index >= 15 is 0 Å². The topological polar surface area (TPSA) is 72.5 Å². The van der Waals surface area contributed by atoms with Crippen LogP contribution in [0.25, 0.3) is 0 Å². The van der Waals surface area contributed by atoms with Gasteiger partial charge in [-0.05, 0) is 62.2 Å². The van der Waals surface area contributed by atoms with E-state index in [1.54, 1.807) is 6.07 Å². The minimum absolute atomic E-state index is 0.0461. The number of unbranched alkanes of at least 4 members (excludes halogenated alkanes) is 4. The van der Waals surface area contributed by atoms with Crippen LogP contribution in [0.5, 0.6) is 11.5 Å². The summed E-state index contributed by atoms with van der Waals surface area (Å²) in [5, 5.41) is 10.0. The molecule has 0 saturated heterocycles. The van der Waals surface area contributed by atoms with Crippen LogP contribution < -0.4 is 10.5 Å². The third-order valence-corrected chi connectivity index (χ3v) is 5.37. The van der Waals surface area contributed by atoms with Crippen LogP contribution in [-0.2, 0) is 11.2 Å². The number of nitrogens with two attached hydrogens (primary N) is 1. The second kappa shape index (κ2) is 18.1. The molecule has 0 bridgehead atoms. The maximum absolute atomic E-state index is 10.0. The predicted octanol–water partition coefficient (Wildman–Crippen LogP) is 6.96. The van der Waals surface area contributed by atoms with Crippen molar-refractivity contribution < 1.29 is 14.6 Å². The van der Waals surface area contributed by atoms with Gasteiger partial charge in [-0.3, -0.25) is 0 Å². The van der Waals surface area contributed by atoms with Gasteiger partial charge < -0.3 is 15.6 Å². The standard InChI is InChI=1S/C18H20O2.C7H16.C2H2O.CH5N/c1-3-13-11-14-6-4-5-7-15(14)18(13)20-17-9-8-12(2)10-16(17)19;1-3-5-7-6-4-2;1-2-3;1-2/h4-10,13,18-19H,3,11H2,1-2H3;3-7H2,1-2H3;1H2;2H2,1H3/t13?,18-;;;/m1.../s1. The van der Waals surface area contributed by atoms with Crippen molar-refractivity contribution in [2.75, 3.05) is 7.05 Å². The third-order valence-electron chi connectivity index (χ3n) is 5.37. The Kier molecular flexibility index (Phi) is 16.6. The minimum atomic E-state index is 0.0461. The molecule has 2 aromatic carbocycles. The molecule has 4 nitrogen and oxygen atoms in total. The second-order valence-electron chi connectivity index (χ2n) is 7.79. The van der Waals surface area contributed by atoms with Crippen LogP contribution >= 0.6 is 0 Å². The Morgan fingerprint density at radius 2 is 1.66 bits per heavy atom. The molecule has 2 aromatic rings. The van der Waals surface area contributed by atoms with Gasteiger partial charge in [0.2, 0.25) is 0 Å². The fourth-order valence-corrected chi connectivity index (χ4v) is 3.70. The average Bonchev–Trinajstić information content (AvgIpc) is 3.16. The lowest BCUT2D eigenvalue weighted by atomic mass is 10.0. The van der Waals surface area contributed by atoms with Crippen molar-refractivity contribution in [3.63, 3.8) is 0 Å². The van der Waals surface area contributed by atoms with Crippen LogP contribution in [0.1, 0.15) is 82.1 Å². The molecule has 0 radical (unpaired) electrons. The van der Waals surface area contributed by atoms with Crippen molar-refractivity contribution in [2.24, 2.45) is 11.7 Å². The van der Waals surface area contributed by atoms with E-state index in [0.29, 0.717) is 11.7 Å². The largest absolute Gasteiger partial charge is 0.504 e. The van der Waals surface area contributed by atoms with Crippen molar-refractivity contribution in [3.05, 3.63) is 65.7 Å². The Balaban J connectivity index is 0.000000674. The first-order valence-electron chi connectivity index (χ1n) is 11.8. The zero-order chi connectivity index (χ0) is 24.4. The quantitative estimate of drug-likeness (QED) is 0.360. The highest BCUT2D eigenvalue weighted by atomic mass is 16.5. The van der Waals surface area contributed by atoms with Crippen LogP contribution in [-0.4, -0.2) is 18.1 Å². The fraction of sp³-hybridized carbons (Fsp3) is 0.500. The van der Waals surface area contributed by atoms with Gasteiger partial charge in [0.15, 0.2) is 11.5 Å². The summed E-state index contributed by atoms with van der Waals surface area (Å²) in [4.78, 5) is 8.57. The lowest BCUT2D eigenvalue weighted by Crippen LogP contribution is -2.13. The van der Waals surface area contributed by atoms with Gasteiger partial charge >= 0.3 is 0 Å². The molecule has 1 aliphatic carbocycles. The Labute approximate surface area is 195 Å². The lowest BCUT2D eigenvalue weighted by Gasteiger charge is -2.21. The minimum Gasteiger partial charge on any atom is -0.504 e. The number of benzene rings is 2. The molecule has 4 heteroatoms. The molecule has 1 unspecified atom stereocenters. The number of aromatic hydroxyl groups is 1. The predicted molar refractivity (Wildman–Crippen MR) is 136 cm³/mol. The fourth-order valence-electron chi connectivity index (χ4n) is 3.70. The SMILES string of the molecule is C=C=O.CCC1Cc2ccccc2[C@@H]1Oc1ccc(C)cc1O.CCCCCCC.CN. The van der Waals surface area contributed by atoms with Crippen LogP contribution in [0, 0.1) is 12.8 Å². The van der Waals surface area contributed by atoms with E-state index in [1.807, 2.05) is 19.1 Å². The first-order valence-corrected chi connectivity index (χ1v) is 11.8.